The Kier molecular flexibility index (Phi) is 6.01. The third kappa shape index (κ3) is 4.82. The number of carbonyl (C=O) groups is 3. The van der Waals surface area contributed by atoms with Crippen molar-refractivity contribution < 1.29 is 14.4 Å². The van der Waals surface area contributed by atoms with Crippen LogP contribution in [-0.4, -0.2) is 35.6 Å². The number of nitrogens with one attached hydrogen (secondary N) is 1. The lowest BCUT2D eigenvalue weighted by atomic mass is 10.1. The summed E-state index contributed by atoms with van der Waals surface area (Å²) in [6, 6.07) is 13.6. The summed E-state index contributed by atoms with van der Waals surface area (Å²) in [5, 5.41) is 2.79. The van der Waals surface area contributed by atoms with Crippen molar-refractivity contribution in [1.29, 1.82) is 0 Å². The number of ketones is 1. The standard InChI is InChI=1S/C22H24N2O3/c1-16(25)19-7-6-8-20(15-19)23-21(26)17-9-11-18(12-10-17)22(27)24-13-4-2-3-5-14-24/h6-12,15H,2-5,13-14H2,1H3,(H,23,26). The molecule has 2 aromatic carbocycles. The fraction of sp³-hybridized carbons (Fsp3) is 0.318. The first-order valence-electron chi connectivity index (χ1n) is 9.36. The number of likely N-dealkylation sites (tertiary alicyclic amines) is 1. The molecule has 1 fully saturated rings. The summed E-state index contributed by atoms with van der Waals surface area (Å²) in [5.41, 5.74) is 2.19. The lowest BCUT2D eigenvalue weighted by molar-refractivity contribution is 0.0761. The van der Waals surface area contributed by atoms with Crippen LogP contribution >= 0.6 is 0 Å². The molecule has 0 spiro atoms. The van der Waals surface area contributed by atoms with E-state index in [1.54, 1.807) is 48.5 Å². The molecule has 2 amide bonds. The number of amides is 2. The number of nitrogens with zero attached hydrogens (tertiary/aromatic N) is 1. The quantitative estimate of drug-likeness (QED) is 0.829. The van der Waals surface area contributed by atoms with Crippen LogP contribution in [0.3, 0.4) is 0 Å². The highest BCUT2D eigenvalue weighted by Crippen LogP contribution is 2.16. The molecule has 0 unspecified atom stereocenters. The van der Waals surface area contributed by atoms with Crippen LogP contribution in [0.5, 0.6) is 0 Å². The van der Waals surface area contributed by atoms with Gasteiger partial charge in [0.15, 0.2) is 5.78 Å². The van der Waals surface area contributed by atoms with Crippen LogP contribution in [-0.2, 0) is 0 Å². The summed E-state index contributed by atoms with van der Waals surface area (Å²) in [7, 11) is 0. The van der Waals surface area contributed by atoms with Gasteiger partial charge >= 0.3 is 0 Å². The van der Waals surface area contributed by atoms with Crippen LogP contribution in [0.4, 0.5) is 5.69 Å². The highest BCUT2D eigenvalue weighted by molar-refractivity contribution is 6.05. The molecule has 140 valence electrons. The topological polar surface area (TPSA) is 66.5 Å². The number of anilines is 1. The average Bonchev–Trinajstić information content (AvgIpc) is 2.97. The van der Waals surface area contributed by atoms with Crippen molar-refractivity contribution in [3.05, 3.63) is 65.2 Å². The number of rotatable bonds is 4. The van der Waals surface area contributed by atoms with E-state index in [0.29, 0.717) is 22.4 Å². The van der Waals surface area contributed by atoms with E-state index in [1.165, 1.54) is 19.8 Å². The Morgan fingerprint density at radius 2 is 1.44 bits per heavy atom. The highest BCUT2D eigenvalue weighted by atomic mass is 16.2. The summed E-state index contributed by atoms with van der Waals surface area (Å²) in [6.45, 7) is 3.09. The monoisotopic (exact) mass is 364 g/mol. The molecule has 3 rings (SSSR count). The molecule has 0 bridgehead atoms. The molecule has 27 heavy (non-hydrogen) atoms. The molecule has 1 aliphatic rings. The number of hydrogen-bond donors (Lipinski definition) is 1. The van der Waals surface area contributed by atoms with Gasteiger partial charge in [-0.3, -0.25) is 14.4 Å². The second-order valence-corrected chi connectivity index (χ2v) is 6.87. The van der Waals surface area contributed by atoms with E-state index in [0.717, 1.165) is 25.9 Å². The van der Waals surface area contributed by atoms with Gasteiger partial charge in [-0.2, -0.15) is 0 Å². The van der Waals surface area contributed by atoms with Crippen LogP contribution < -0.4 is 5.32 Å². The maximum Gasteiger partial charge on any atom is 0.255 e. The molecule has 0 aliphatic carbocycles. The highest BCUT2D eigenvalue weighted by Gasteiger charge is 2.17. The minimum atomic E-state index is -0.274. The zero-order chi connectivity index (χ0) is 19.2. The van der Waals surface area contributed by atoms with E-state index in [2.05, 4.69) is 5.32 Å². The van der Waals surface area contributed by atoms with Gasteiger partial charge in [-0.05, 0) is 56.2 Å². The second kappa shape index (κ2) is 8.62. The first kappa shape index (κ1) is 18.8. The van der Waals surface area contributed by atoms with Gasteiger partial charge in [0.1, 0.15) is 0 Å². The summed E-state index contributed by atoms with van der Waals surface area (Å²) in [5.74, 6) is -0.301. The molecule has 0 radical (unpaired) electrons. The molecule has 1 aliphatic heterocycles. The fourth-order valence-corrected chi connectivity index (χ4v) is 3.24. The van der Waals surface area contributed by atoms with Gasteiger partial charge in [0, 0.05) is 35.5 Å². The Morgan fingerprint density at radius 3 is 2.07 bits per heavy atom. The summed E-state index contributed by atoms with van der Waals surface area (Å²) in [6.07, 6.45) is 4.44. The largest absolute Gasteiger partial charge is 0.339 e. The van der Waals surface area contributed by atoms with Crippen molar-refractivity contribution in [2.24, 2.45) is 0 Å². The van der Waals surface area contributed by atoms with Crippen molar-refractivity contribution in [3.63, 3.8) is 0 Å². The summed E-state index contributed by atoms with van der Waals surface area (Å²) >= 11 is 0. The minimum Gasteiger partial charge on any atom is -0.339 e. The predicted molar refractivity (Wildman–Crippen MR) is 105 cm³/mol. The minimum absolute atomic E-state index is 0.0259. The van der Waals surface area contributed by atoms with Gasteiger partial charge in [0.05, 0.1) is 0 Å². The average molecular weight is 364 g/mol. The Labute approximate surface area is 159 Å². The third-order valence-electron chi connectivity index (χ3n) is 4.81. The zero-order valence-electron chi connectivity index (χ0n) is 15.5. The Bertz CT molecular complexity index is 835. The second-order valence-electron chi connectivity index (χ2n) is 6.87. The number of hydrogen-bond acceptors (Lipinski definition) is 3. The lowest BCUT2D eigenvalue weighted by Gasteiger charge is -2.20. The van der Waals surface area contributed by atoms with Crippen LogP contribution in [0.2, 0.25) is 0 Å². The van der Waals surface area contributed by atoms with Gasteiger partial charge in [-0.25, -0.2) is 0 Å². The zero-order valence-corrected chi connectivity index (χ0v) is 15.5. The fourth-order valence-electron chi connectivity index (χ4n) is 3.24. The smallest absolute Gasteiger partial charge is 0.255 e. The molecular formula is C22H24N2O3. The predicted octanol–water partition coefficient (Wildman–Crippen LogP) is 4.16. The Balaban J connectivity index is 1.67. The molecule has 1 N–H and O–H groups in total. The van der Waals surface area contributed by atoms with Gasteiger partial charge in [-0.15, -0.1) is 0 Å². The lowest BCUT2D eigenvalue weighted by Crippen LogP contribution is -2.31. The normalized spacial score (nSPS) is 14.3. The summed E-state index contributed by atoms with van der Waals surface area (Å²) < 4.78 is 0. The maximum atomic E-state index is 12.6. The molecule has 2 aromatic rings. The van der Waals surface area contributed by atoms with Crippen molar-refractivity contribution in [3.8, 4) is 0 Å². The molecule has 5 heteroatoms. The van der Waals surface area contributed by atoms with Gasteiger partial charge in [0.25, 0.3) is 11.8 Å². The van der Waals surface area contributed by atoms with E-state index in [1.807, 2.05) is 4.90 Å². The molecule has 0 atom stereocenters. The van der Waals surface area contributed by atoms with Crippen molar-refractivity contribution >= 4 is 23.3 Å². The van der Waals surface area contributed by atoms with Gasteiger partial charge < -0.3 is 10.2 Å². The van der Waals surface area contributed by atoms with Crippen LogP contribution in [0, 0.1) is 0 Å². The van der Waals surface area contributed by atoms with Crippen molar-refractivity contribution in [2.75, 3.05) is 18.4 Å². The Hall–Kier alpha value is -2.95. The van der Waals surface area contributed by atoms with E-state index in [-0.39, 0.29) is 17.6 Å². The molecule has 1 heterocycles. The van der Waals surface area contributed by atoms with Gasteiger partial charge in [0.2, 0.25) is 0 Å². The third-order valence-corrected chi connectivity index (χ3v) is 4.81. The first-order valence-corrected chi connectivity index (χ1v) is 9.36. The van der Waals surface area contributed by atoms with Crippen molar-refractivity contribution in [1.82, 2.24) is 4.90 Å². The van der Waals surface area contributed by atoms with Crippen LogP contribution in [0.15, 0.2) is 48.5 Å². The van der Waals surface area contributed by atoms with Crippen LogP contribution in [0.25, 0.3) is 0 Å². The van der Waals surface area contributed by atoms with Crippen molar-refractivity contribution in [2.45, 2.75) is 32.6 Å². The SMILES string of the molecule is CC(=O)c1cccc(NC(=O)c2ccc(C(=O)N3CCCCCC3)cc2)c1. The van der Waals surface area contributed by atoms with E-state index >= 15 is 0 Å². The van der Waals surface area contributed by atoms with Gasteiger partial charge in [-0.1, -0.05) is 25.0 Å². The molecule has 1 saturated heterocycles. The molecule has 0 saturated carbocycles. The number of benzene rings is 2. The van der Waals surface area contributed by atoms with E-state index in [4.69, 9.17) is 0 Å². The Morgan fingerprint density at radius 1 is 0.815 bits per heavy atom. The number of Topliss-reactive ketones (excluding diaryl/α,β-unsaturated/α-hetero) is 1. The molecule has 5 nitrogen and oxygen atoms in total. The first-order chi connectivity index (χ1) is 13.0. The van der Waals surface area contributed by atoms with E-state index in [9.17, 15) is 14.4 Å². The van der Waals surface area contributed by atoms with E-state index < -0.39 is 0 Å². The summed E-state index contributed by atoms with van der Waals surface area (Å²) in [4.78, 5) is 38.4. The maximum absolute atomic E-state index is 12.6. The van der Waals surface area contributed by atoms with Crippen LogP contribution in [0.1, 0.15) is 63.7 Å². The number of carbonyl (C=O) groups excluding carboxylic acids is 3. The molecular weight excluding hydrogens is 340 g/mol. The molecule has 0 aromatic heterocycles.